The van der Waals surface area contributed by atoms with Gasteiger partial charge in [-0.3, -0.25) is 0 Å². The molecule has 2 rings (SSSR count). The zero-order valence-corrected chi connectivity index (χ0v) is 8.53. The molecular weight excluding hydrogens is 213 g/mol. The summed E-state index contributed by atoms with van der Waals surface area (Å²) in [4.78, 5) is 4.26. The zero-order valence-electron chi connectivity index (χ0n) is 6.82. The molecule has 1 aromatic heterocycles. The summed E-state index contributed by atoms with van der Waals surface area (Å²) in [5.74, 6) is 2.23. The van der Waals surface area contributed by atoms with Gasteiger partial charge in [0.25, 0.3) is 0 Å². The van der Waals surface area contributed by atoms with Crippen LogP contribution in [0.25, 0.3) is 10.9 Å². The Balaban J connectivity index is 2.67. The second-order valence-corrected chi connectivity index (χ2v) is 4.41. The van der Waals surface area contributed by atoms with Gasteiger partial charge >= 0.3 is 77.7 Å². The Morgan fingerprint density at radius 2 is 2.17 bits per heavy atom. The van der Waals surface area contributed by atoms with E-state index in [1.54, 1.807) is 0 Å². The van der Waals surface area contributed by atoms with E-state index in [0.29, 0.717) is 15.0 Å². The van der Waals surface area contributed by atoms with E-state index in [0.717, 1.165) is 5.52 Å². The number of rotatable bonds is 1. The number of benzene rings is 1. The fraction of sp³-hybridized carbons (Fsp3) is 0.100. The number of pyridine rings is 1. The molecule has 60 valence electrons. The van der Waals surface area contributed by atoms with E-state index in [1.807, 2.05) is 12.3 Å². The summed E-state index contributed by atoms with van der Waals surface area (Å²) in [5.41, 5.74) is 1.09. The first-order chi connectivity index (χ1) is 5.90. The van der Waals surface area contributed by atoms with Crippen LogP contribution < -0.4 is 4.46 Å². The third-order valence-corrected chi connectivity index (χ3v) is 3.33. The molecule has 1 nitrogen and oxygen atoms in total. The molecule has 1 heterocycles. The second kappa shape index (κ2) is 3.26. The number of nitrogens with zero attached hydrogens (tertiary/aromatic N) is 1. The van der Waals surface area contributed by atoms with Crippen LogP contribution in [0.3, 0.4) is 0 Å². The Hall–Kier alpha value is -0.851. The molecule has 0 N–H and O–H groups in total. The first kappa shape index (κ1) is 7.78. The van der Waals surface area contributed by atoms with Crippen LogP contribution in [0.1, 0.15) is 0 Å². The van der Waals surface area contributed by atoms with Gasteiger partial charge in [0.1, 0.15) is 0 Å². The topological polar surface area (TPSA) is 12.9 Å². The molecule has 0 aliphatic carbocycles. The van der Waals surface area contributed by atoms with Gasteiger partial charge in [0.15, 0.2) is 0 Å². The fourth-order valence-electron chi connectivity index (χ4n) is 1.18. The summed E-state index contributed by atoms with van der Waals surface area (Å²) < 4.78 is 1.43. The molecule has 0 bridgehead atoms. The molecule has 0 saturated heterocycles. The van der Waals surface area contributed by atoms with Gasteiger partial charge in [-0.2, -0.15) is 0 Å². The summed E-state index contributed by atoms with van der Waals surface area (Å²) in [7, 11) is 0. The minimum atomic E-state index is 0.587. The van der Waals surface area contributed by atoms with E-state index in [9.17, 15) is 0 Å². The van der Waals surface area contributed by atoms with Crippen molar-refractivity contribution in [1.29, 1.82) is 0 Å². The van der Waals surface area contributed by atoms with Gasteiger partial charge in [0, 0.05) is 0 Å². The molecule has 0 spiro atoms. The van der Waals surface area contributed by atoms with Crippen molar-refractivity contribution in [3.05, 3.63) is 36.5 Å². The number of aromatic nitrogens is 1. The Labute approximate surface area is 78.0 Å². The molecular formula is C10H9NSe. The molecule has 0 atom stereocenters. The molecule has 0 saturated carbocycles. The van der Waals surface area contributed by atoms with Crippen molar-refractivity contribution in [2.45, 2.75) is 5.82 Å². The Bertz CT molecular complexity index is 398. The molecule has 0 aliphatic heterocycles. The summed E-state index contributed by atoms with van der Waals surface area (Å²) in [6.07, 6.45) is 1.83. The van der Waals surface area contributed by atoms with Gasteiger partial charge < -0.3 is 0 Å². The van der Waals surface area contributed by atoms with Gasteiger partial charge in [0.05, 0.1) is 0 Å². The minimum absolute atomic E-state index is 0.587. The maximum atomic E-state index is 4.26. The monoisotopic (exact) mass is 223 g/mol. The predicted octanol–water partition coefficient (Wildman–Crippen LogP) is 1.61. The third kappa shape index (κ3) is 1.36. The van der Waals surface area contributed by atoms with E-state index in [4.69, 9.17) is 0 Å². The van der Waals surface area contributed by atoms with Crippen molar-refractivity contribution >= 4 is 30.3 Å². The summed E-state index contributed by atoms with van der Waals surface area (Å²) in [6, 6.07) is 10.6. The van der Waals surface area contributed by atoms with Crippen LogP contribution >= 0.6 is 0 Å². The number of hydrogen-bond acceptors (Lipinski definition) is 1. The average molecular weight is 222 g/mol. The fourth-order valence-corrected chi connectivity index (χ4v) is 2.12. The van der Waals surface area contributed by atoms with Crippen molar-refractivity contribution in [2.75, 3.05) is 0 Å². The average Bonchev–Trinajstić information content (AvgIpc) is 2.17. The molecule has 0 radical (unpaired) electrons. The molecule has 1 aromatic carbocycles. The Morgan fingerprint density at radius 3 is 3.00 bits per heavy atom. The van der Waals surface area contributed by atoms with Crippen molar-refractivity contribution in [3.8, 4) is 0 Å². The molecule has 0 unspecified atom stereocenters. The second-order valence-electron chi connectivity index (χ2n) is 2.56. The van der Waals surface area contributed by atoms with Crippen LogP contribution in [0.4, 0.5) is 0 Å². The molecule has 0 amide bonds. The van der Waals surface area contributed by atoms with Crippen LogP contribution in [0.15, 0.2) is 36.5 Å². The van der Waals surface area contributed by atoms with Crippen molar-refractivity contribution in [2.24, 2.45) is 0 Å². The van der Waals surface area contributed by atoms with Crippen LogP contribution in [-0.4, -0.2) is 19.9 Å². The van der Waals surface area contributed by atoms with Gasteiger partial charge in [-0.05, 0) is 0 Å². The van der Waals surface area contributed by atoms with E-state index < -0.39 is 0 Å². The number of hydrogen-bond donors (Lipinski definition) is 0. The van der Waals surface area contributed by atoms with Gasteiger partial charge in [-0.25, -0.2) is 0 Å². The first-order valence-corrected chi connectivity index (χ1v) is 6.36. The SMILES string of the molecule is C[Se]c1ccc2ncccc2c1. The van der Waals surface area contributed by atoms with Crippen LogP contribution in [-0.2, 0) is 0 Å². The first-order valence-electron chi connectivity index (χ1n) is 3.79. The quantitative estimate of drug-likeness (QED) is 0.668. The summed E-state index contributed by atoms with van der Waals surface area (Å²) >= 11 is 0.587. The normalized spacial score (nSPS) is 10.4. The Morgan fingerprint density at radius 1 is 1.25 bits per heavy atom. The van der Waals surface area contributed by atoms with Crippen LogP contribution in [0, 0.1) is 0 Å². The van der Waals surface area contributed by atoms with Crippen molar-refractivity contribution in [3.63, 3.8) is 0 Å². The summed E-state index contributed by atoms with van der Waals surface area (Å²) in [6.45, 7) is 0. The maximum absolute atomic E-state index is 4.26. The van der Waals surface area contributed by atoms with E-state index >= 15 is 0 Å². The molecule has 0 aliphatic rings. The van der Waals surface area contributed by atoms with Gasteiger partial charge in [0.2, 0.25) is 0 Å². The molecule has 2 heteroatoms. The number of fused-ring (bicyclic) bond motifs is 1. The van der Waals surface area contributed by atoms with E-state index in [2.05, 4.69) is 35.1 Å². The molecule has 2 aromatic rings. The van der Waals surface area contributed by atoms with E-state index in [-0.39, 0.29) is 0 Å². The third-order valence-electron chi connectivity index (χ3n) is 1.81. The van der Waals surface area contributed by atoms with Crippen molar-refractivity contribution < 1.29 is 0 Å². The zero-order chi connectivity index (χ0) is 8.39. The summed E-state index contributed by atoms with van der Waals surface area (Å²) in [5, 5.41) is 1.25. The molecule has 0 fully saturated rings. The van der Waals surface area contributed by atoms with Gasteiger partial charge in [-0.1, -0.05) is 0 Å². The standard InChI is InChI=1S/C10H9NSe/c1-12-9-4-5-10-8(7-9)3-2-6-11-10/h2-7H,1H3. The van der Waals surface area contributed by atoms with Crippen LogP contribution in [0.5, 0.6) is 0 Å². The van der Waals surface area contributed by atoms with Crippen molar-refractivity contribution in [1.82, 2.24) is 4.98 Å². The Kier molecular flexibility index (Phi) is 2.11. The molecule has 12 heavy (non-hydrogen) atoms. The van der Waals surface area contributed by atoms with E-state index in [1.165, 1.54) is 9.85 Å². The van der Waals surface area contributed by atoms with Gasteiger partial charge in [-0.15, -0.1) is 0 Å². The van der Waals surface area contributed by atoms with Crippen LogP contribution in [0.2, 0.25) is 5.82 Å². The predicted molar refractivity (Wildman–Crippen MR) is 53.0 cm³/mol.